The molecule has 0 bridgehead atoms. The summed E-state index contributed by atoms with van der Waals surface area (Å²) in [6, 6.07) is 13.8. The smallest absolute Gasteiger partial charge is 0.313 e. The molecule has 0 spiro atoms. The average Bonchev–Trinajstić information content (AvgIpc) is 3.24. The van der Waals surface area contributed by atoms with Gasteiger partial charge >= 0.3 is 11.8 Å². The Hall–Kier alpha value is -3.86. The topological polar surface area (TPSA) is 124 Å². The summed E-state index contributed by atoms with van der Waals surface area (Å²) in [6.45, 7) is -0.00889. The molecule has 0 unspecified atom stereocenters. The van der Waals surface area contributed by atoms with E-state index >= 15 is 0 Å². The number of hydrogen-bond acceptors (Lipinski definition) is 5. The molecule has 160 valence electrons. The van der Waals surface area contributed by atoms with Crippen LogP contribution in [0.1, 0.15) is 43.6 Å². The Balaban J connectivity index is 1.52. The van der Waals surface area contributed by atoms with Gasteiger partial charge in [0.25, 0.3) is 5.91 Å². The van der Waals surface area contributed by atoms with Crippen LogP contribution in [0.4, 0.5) is 5.69 Å². The van der Waals surface area contributed by atoms with Gasteiger partial charge in [-0.1, -0.05) is 37.5 Å². The molecule has 0 atom stereocenters. The van der Waals surface area contributed by atoms with Gasteiger partial charge < -0.3 is 20.4 Å². The second kappa shape index (κ2) is 10.8. The van der Waals surface area contributed by atoms with Crippen LogP contribution in [-0.2, 0) is 20.9 Å². The first-order valence-electron chi connectivity index (χ1n) is 10.2. The van der Waals surface area contributed by atoms with Crippen molar-refractivity contribution in [3.63, 3.8) is 0 Å². The van der Waals surface area contributed by atoms with Gasteiger partial charge in [0.2, 0.25) is 0 Å². The van der Waals surface area contributed by atoms with E-state index in [0.717, 1.165) is 25.7 Å². The van der Waals surface area contributed by atoms with E-state index in [9.17, 15) is 19.6 Å². The first kappa shape index (κ1) is 21.8. The number of rotatable bonds is 6. The molecular formula is C23H24N4O4. The molecule has 0 saturated heterocycles. The fourth-order valence-electron chi connectivity index (χ4n) is 3.33. The number of amides is 3. The summed E-state index contributed by atoms with van der Waals surface area (Å²) in [5.41, 5.74) is 0.473. The fraction of sp³-hybridized carbons (Fsp3) is 0.304. The molecule has 3 N–H and O–H groups in total. The average molecular weight is 420 g/mol. The van der Waals surface area contributed by atoms with Gasteiger partial charge in [0, 0.05) is 17.8 Å². The predicted molar refractivity (Wildman–Crippen MR) is 114 cm³/mol. The summed E-state index contributed by atoms with van der Waals surface area (Å²) in [6.07, 6.45) is 6.54. The summed E-state index contributed by atoms with van der Waals surface area (Å²) in [5, 5.41) is 17.2. The van der Waals surface area contributed by atoms with Crippen LogP contribution in [0.25, 0.3) is 6.08 Å². The van der Waals surface area contributed by atoms with Gasteiger partial charge in [-0.3, -0.25) is 14.4 Å². The van der Waals surface area contributed by atoms with E-state index in [1.54, 1.807) is 42.5 Å². The number of carbonyl (C=O) groups is 3. The summed E-state index contributed by atoms with van der Waals surface area (Å²) in [4.78, 5) is 36.2. The van der Waals surface area contributed by atoms with Crippen molar-refractivity contribution in [2.24, 2.45) is 0 Å². The Morgan fingerprint density at radius 3 is 2.45 bits per heavy atom. The first-order chi connectivity index (χ1) is 15.0. The normalized spacial score (nSPS) is 14.4. The number of para-hydroxylation sites is 1. The predicted octanol–water partition coefficient (Wildman–Crippen LogP) is 2.89. The van der Waals surface area contributed by atoms with E-state index in [1.807, 2.05) is 6.07 Å². The third-order valence-corrected chi connectivity index (χ3v) is 4.94. The van der Waals surface area contributed by atoms with Crippen molar-refractivity contribution in [3.8, 4) is 6.07 Å². The molecular weight excluding hydrogens is 396 g/mol. The Kier molecular flexibility index (Phi) is 7.60. The second-order valence-corrected chi connectivity index (χ2v) is 7.29. The maximum Gasteiger partial charge on any atom is 0.313 e. The molecule has 1 aromatic carbocycles. The lowest BCUT2D eigenvalue weighted by molar-refractivity contribution is -0.136. The molecule has 3 amide bonds. The van der Waals surface area contributed by atoms with Gasteiger partial charge in [-0.05, 0) is 37.1 Å². The Labute approximate surface area is 180 Å². The highest BCUT2D eigenvalue weighted by atomic mass is 16.3. The Morgan fingerprint density at radius 1 is 1.00 bits per heavy atom. The minimum Gasteiger partial charge on any atom is -0.460 e. The first-order valence-corrected chi connectivity index (χ1v) is 10.2. The highest BCUT2D eigenvalue weighted by Gasteiger charge is 2.19. The van der Waals surface area contributed by atoms with Gasteiger partial charge in [0.1, 0.15) is 23.2 Å². The maximum atomic E-state index is 12.3. The molecule has 1 aliphatic carbocycles. The van der Waals surface area contributed by atoms with Crippen LogP contribution >= 0.6 is 0 Å². The van der Waals surface area contributed by atoms with Crippen molar-refractivity contribution in [3.05, 3.63) is 59.6 Å². The number of nitriles is 1. The fourth-order valence-corrected chi connectivity index (χ4v) is 3.33. The summed E-state index contributed by atoms with van der Waals surface area (Å²) < 4.78 is 5.55. The lowest BCUT2D eigenvalue weighted by Crippen LogP contribution is -2.36. The van der Waals surface area contributed by atoms with E-state index < -0.39 is 17.7 Å². The van der Waals surface area contributed by atoms with Gasteiger partial charge in [0.15, 0.2) is 0 Å². The van der Waals surface area contributed by atoms with Gasteiger partial charge in [0.05, 0.1) is 6.54 Å². The summed E-state index contributed by atoms with van der Waals surface area (Å²) >= 11 is 0. The summed E-state index contributed by atoms with van der Waals surface area (Å²) in [7, 11) is 0. The van der Waals surface area contributed by atoms with Crippen molar-refractivity contribution in [1.82, 2.24) is 10.6 Å². The number of nitrogens with zero attached hydrogens (tertiary/aromatic N) is 1. The highest BCUT2D eigenvalue weighted by molar-refractivity contribution is 6.39. The third kappa shape index (κ3) is 6.57. The summed E-state index contributed by atoms with van der Waals surface area (Å²) in [5.74, 6) is -1.31. The van der Waals surface area contributed by atoms with Crippen LogP contribution in [0.5, 0.6) is 0 Å². The largest absolute Gasteiger partial charge is 0.460 e. The molecule has 1 aliphatic rings. The number of nitrogens with one attached hydrogen (secondary N) is 3. The highest BCUT2D eigenvalue weighted by Crippen LogP contribution is 2.18. The van der Waals surface area contributed by atoms with Crippen molar-refractivity contribution in [1.29, 1.82) is 5.26 Å². The van der Waals surface area contributed by atoms with E-state index in [1.165, 1.54) is 12.5 Å². The molecule has 8 heteroatoms. The van der Waals surface area contributed by atoms with Crippen LogP contribution in [0.2, 0.25) is 0 Å². The van der Waals surface area contributed by atoms with Crippen molar-refractivity contribution >= 4 is 29.5 Å². The molecule has 0 aliphatic heterocycles. The van der Waals surface area contributed by atoms with Crippen LogP contribution in [-0.4, -0.2) is 23.8 Å². The standard InChI is InChI=1S/C23H24N4O4/c24-14-16(21(28)26-17-7-3-1-4-8-17)13-19-11-12-20(31-19)15-25-22(29)23(30)27-18-9-5-2-6-10-18/h2,5-6,9-13,17H,1,3-4,7-8,15H2,(H,25,29)(H,26,28)(H,27,30)/b16-13-. The van der Waals surface area contributed by atoms with Gasteiger partial charge in [-0.15, -0.1) is 0 Å². The number of anilines is 1. The van der Waals surface area contributed by atoms with Gasteiger partial charge in [-0.25, -0.2) is 0 Å². The molecule has 31 heavy (non-hydrogen) atoms. The molecule has 1 heterocycles. The quantitative estimate of drug-likeness (QED) is 0.377. The molecule has 8 nitrogen and oxygen atoms in total. The zero-order valence-electron chi connectivity index (χ0n) is 17.0. The van der Waals surface area contributed by atoms with Crippen molar-refractivity contribution in [2.45, 2.75) is 44.7 Å². The van der Waals surface area contributed by atoms with E-state index in [-0.39, 0.29) is 18.2 Å². The molecule has 1 fully saturated rings. The minimum absolute atomic E-state index is 0.00889. The maximum absolute atomic E-state index is 12.3. The zero-order chi connectivity index (χ0) is 22.1. The van der Waals surface area contributed by atoms with Crippen LogP contribution in [0, 0.1) is 11.3 Å². The lowest BCUT2D eigenvalue weighted by Gasteiger charge is -2.22. The lowest BCUT2D eigenvalue weighted by atomic mass is 9.95. The van der Waals surface area contributed by atoms with Gasteiger partial charge in [-0.2, -0.15) is 5.26 Å². The number of furan rings is 1. The minimum atomic E-state index is -0.804. The van der Waals surface area contributed by atoms with Crippen molar-refractivity contribution in [2.75, 3.05) is 5.32 Å². The number of carbonyl (C=O) groups excluding carboxylic acids is 3. The second-order valence-electron chi connectivity index (χ2n) is 7.29. The third-order valence-electron chi connectivity index (χ3n) is 4.94. The SMILES string of the molecule is N#C/C(=C/c1ccc(CNC(=O)C(=O)Nc2ccccc2)o1)C(=O)NC1CCCCC1. The van der Waals surface area contributed by atoms with Crippen molar-refractivity contribution < 1.29 is 18.8 Å². The zero-order valence-corrected chi connectivity index (χ0v) is 17.0. The number of benzene rings is 1. The monoisotopic (exact) mass is 420 g/mol. The molecule has 1 aromatic heterocycles. The Morgan fingerprint density at radius 2 is 1.74 bits per heavy atom. The van der Waals surface area contributed by atoms with Crippen LogP contribution in [0.3, 0.4) is 0 Å². The molecule has 1 saturated carbocycles. The number of hydrogen-bond donors (Lipinski definition) is 3. The molecule has 3 rings (SSSR count). The van der Waals surface area contributed by atoms with Crippen LogP contribution in [0.15, 0.2) is 52.5 Å². The molecule has 2 aromatic rings. The van der Waals surface area contributed by atoms with E-state index in [2.05, 4.69) is 16.0 Å². The molecule has 0 radical (unpaired) electrons. The Bertz CT molecular complexity index is 998. The van der Waals surface area contributed by atoms with E-state index in [4.69, 9.17) is 4.42 Å². The van der Waals surface area contributed by atoms with Crippen LogP contribution < -0.4 is 16.0 Å². The van der Waals surface area contributed by atoms with E-state index in [0.29, 0.717) is 17.2 Å².